The summed E-state index contributed by atoms with van der Waals surface area (Å²) in [6.07, 6.45) is 3.74. The summed E-state index contributed by atoms with van der Waals surface area (Å²) >= 11 is 0. The van der Waals surface area contributed by atoms with Crippen LogP contribution in [0.25, 0.3) is 0 Å². The highest BCUT2D eigenvalue weighted by atomic mass is 16.5. The predicted octanol–water partition coefficient (Wildman–Crippen LogP) is 2.96. The van der Waals surface area contributed by atoms with Gasteiger partial charge in [0.2, 0.25) is 0 Å². The zero-order chi connectivity index (χ0) is 22.1. The number of aliphatic carboxylic acids is 1. The lowest BCUT2D eigenvalue weighted by molar-refractivity contribution is -0.191. The van der Waals surface area contributed by atoms with Gasteiger partial charge in [0.05, 0.1) is 11.7 Å². The molecule has 6 heteroatoms. The number of rotatable bonds is 3. The van der Waals surface area contributed by atoms with Crippen LogP contribution in [0.2, 0.25) is 0 Å². The van der Waals surface area contributed by atoms with Gasteiger partial charge in [0.15, 0.2) is 5.78 Å². The number of Topliss-reactive ketones (excluding diaryl/α,β-unsaturated/α-hetero) is 1. The molecule has 5 rings (SSSR count). The second kappa shape index (κ2) is 7.02. The zero-order valence-electron chi connectivity index (χ0n) is 17.7. The van der Waals surface area contributed by atoms with E-state index in [1.807, 2.05) is 25.1 Å². The highest BCUT2D eigenvalue weighted by Crippen LogP contribution is 2.65. The van der Waals surface area contributed by atoms with Crippen molar-refractivity contribution in [2.45, 2.75) is 38.9 Å². The Morgan fingerprint density at radius 2 is 1.81 bits per heavy atom. The molecular weight excluding hydrogens is 396 g/mol. The molecule has 0 aromatic heterocycles. The predicted molar refractivity (Wildman–Crippen MR) is 111 cm³/mol. The molecule has 4 aliphatic carbocycles. The fourth-order valence-corrected chi connectivity index (χ4v) is 7.36. The summed E-state index contributed by atoms with van der Waals surface area (Å²) in [6, 6.07) is 8.68. The smallest absolute Gasteiger partial charge is 0.338 e. The van der Waals surface area contributed by atoms with Gasteiger partial charge < -0.3 is 14.9 Å². The second-order valence-electron chi connectivity index (χ2n) is 9.90. The van der Waals surface area contributed by atoms with Crippen molar-refractivity contribution in [1.82, 2.24) is 0 Å². The molecule has 3 fully saturated rings. The third-order valence-electron chi connectivity index (χ3n) is 8.60. The molecule has 3 saturated carbocycles. The Balaban J connectivity index is 1.64. The molecule has 6 nitrogen and oxygen atoms in total. The molecule has 10 atom stereocenters. The molecule has 31 heavy (non-hydrogen) atoms. The summed E-state index contributed by atoms with van der Waals surface area (Å²) in [4.78, 5) is 39.8. The van der Waals surface area contributed by atoms with Crippen LogP contribution in [-0.2, 0) is 14.3 Å². The number of ether oxygens (including phenoxy) is 1. The van der Waals surface area contributed by atoms with Crippen LogP contribution in [0, 0.1) is 46.8 Å². The van der Waals surface area contributed by atoms with Gasteiger partial charge >= 0.3 is 11.9 Å². The number of hydrogen-bond donors (Lipinski definition) is 2. The van der Waals surface area contributed by atoms with Crippen molar-refractivity contribution in [2.24, 2.45) is 46.8 Å². The maximum atomic E-state index is 13.9. The van der Waals surface area contributed by atoms with E-state index in [-0.39, 0.29) is 29.5 Å². The average molecular weight is 424 g/mol. The van der Waals surface area contributed by atoms with Gasteiger partial charge in [-0.3, -0.25) is 9.59 Å². The van der Waals surface area contributed by atoms with E-state index in [4.69, 9.17) is 4.74 Å². The van der Waals surface area contributed by atoms with Gasteiger partial charge in [0.25, 0.3) is 0 Å². The number of ketones is 1. The summed E-state index contributed by atoms with van der Waals surface area (Å²) in [7, 11) is 0. The van der Waals surface area contributed by atoms with Crippen molar-refractivity contribution >= 4 is 17.7 Å². The maximum absolute atomic E-state index is 13.9. The summed E-state index contributed by atoms with van der Waals surface area (Å²) in [5.41, 5.74) is -1.24. The molecule has 0 radical (unpaired) electrons. The number of hydrogen-bond acceptors (Lipinski definition) is 5. The van der Waals surface area contributed by atoms with Crippen LogP contribution < -0.4 is 0 Å². The fourth-order valence-electron chi connectivity index (χ4n) is 7.36. The lowest BCUT2D eigenvalue weighted by Crippen LogP contribution is -2.67. The minimum atomic E-state index is -1.65. The number of carboxylic acid groups (broad SMARTS) is 1. The molecule has 164 valence electrons. The zero-order valence-corrected chi connectivity index (χ0v) is 17.7. The van der Waals surface area contributed by atoms with Gasteiger partial charge in [-0.2, -0.15) is 0 Å². The Morgan fingerprint density at radius 1 is 1.10 bits per heavy atom. The van der Waals surface area contributed by atoms with Gasteiger partial charge in [-0.25, -0.2) is 4.79 Å². The average Bonchev–Trinajstić information content (AvgIpc) is 3.30. The Bertz CT molecular complexity index is 954. The van der Waals surface area contributed by atoms with Crippen LogP contribution in [0.4, 0.5) is 0 Å². The number of aliphatic hydroxyl groups excluding tert-OH is 1. The Hall–Kier alpha value is -2.47. The van der Waals surface area contributed by atoms with E-state index >= 15 is 0 Å². The van der Waals surface area contributed by atoms with Gasteiger partial charge in [0, 0.05) is 17.8 Å². The van der Waals surface area contributed by atoms with Crippen molar-refractivity contribution in [2.75, 3.05) is 0 Å². The minimum Gasteiger partial charge on any atom is -0.480 e. The first-order valence-electron chi connectivity index (χ1n) is 11.2. The largest absolute Gasteiger partial charge is 0.480 e. The van der Waals surface area contributed by atoms with Crippen LogP contribution in [0.15, 0.2) is 42.5 Å². The van der Waals surface area contributed by atoms with Crippen LogP contribution in [-0.4, -0.2) is 40.1 Å². The van der Waals surface area contributed by atoms with E-state index in [1.54, 1.807) is 31.2 Å². The maximum Gasteiger partial charge on any atom is 0.338 e. The van der Waals surface area contributed by atoms with Gasteiger partial charge in [-0.05, 0) is 48.6 Å². The second-order valence-corrected chi connectivity index (χ2v) is 9.90. The fraction of sp³-hybridized carbons (Fsp3) is 0.560. The topological polar surface area (TPSA) is 101 Å². The molecule has 2 N–H and O–H groups in total. The third-order valence-corrected chi connectivity index (χ3v) is 8.60. The lowest BCUT2D eigenvalue weighted by Gasteiger charge is -2.56. The number of benzene rings is 1. The number of esters is 1. The number of aliphatic hydroxyl groups is 1. The number of allylic oxidation sites excluding steroid dienone is 2. The van der Waals surface area contributed by atoms with E-state index in [0.717, 1.165) is 0 Å². The summed E-state index contributed by atoms with van der Waals surface area (Å²) in [5.74, 6) is -4.33. The Kier molecular flexibility index (Phi) is 4.63. The lowest BCUT2D eigenvalue weighted by atomic mass is 9.46. The van der Waals surface area contributed by atoms with Gasteiger partial charge in [-0.1, -0.05) is 44.2 Å². The van der Waals surface area contributed by atoms with Crippen LogP contribution >= 0.6 is 0 Å². The first-order valence-corrected chi connectivity index (χ1v) is 11.2. The molecule has 0 spiro atoms. The SMILES string of the molecule is C[C@@H]1C=C[C@H](C)[C@H]2[C@H](OC(=O)c3ccccc3)C3C(C(=O)[C@@]21C(=O)O)[C@@H]1C[C@H]3C[C@@H]1O. The van der Waals surface area contributed by atoms with Gasteiger partial charge in [-0.15, -0.1) is 0 Å². The quantitative estimate of drug-likeness (QED) is 0.440. The molecule has 0 aliphatic heterocycles. The van der Waals surface area contributed by atoms with Crippen LogP contribution in [0.3, 0.4) is 0 Å². The summed E-state index contributed by atoms with van der Waals surface area (Å²) in [5, 5.41) is 21.0. The molecule has 1 aromatic carbocycles. The van der Waals surface area contributed by atoms with E-state index in [2.05, 4.69) is 0 Å². The summed E-state index contributed by atoms with van der Waals surface area (Å²) in [6.45, 7) is 3.67. The number of carbonyl (C=O) groups is 3. The molecule has 4 aliphatic rings. The third kappa shape index (κ3) is 2.63. The highest BCUT2D eigenvalue weighted by Gasteiger charge is 2.73. The number of carbonyl (C=O) groups excluding carboxylic acids is 2. The van der Waals surface area contributed by atoms with E-state index in [1.165, 1.54) is 0 Å². The molecule has 2 bridgehead atoms. The molecule has 0 heterocycles. The minimum absolute atomic E-state index is 0.0581. The molecule has 0 amide bonds. The Labute approximate surface area is 181 Å². The van der Waals surface area contributed by atoms with E-state index in [0.29, 0.717) is 18.4 Å². The highest BCUT2D eigenvalue weighted by molar-refractivity contribution is 6.07. The van der Waals surface area contributed by atoms with Crippen LogP contribution in [0.1, 0.15) is 37.0 Å². The molecule has 2 unspecified atom stereocenters. The standard InChI is InChI=1S/C25H28O6/c1-12-8-9-13(2)25(24(29)30)20(12)21(31-23(28)14-6-4-3-5-7-14)18-15-10-16(17(26)11-15)19(18)22(25)27/h3-9,12-13,15-21,26H,10-11H2,1-2H3,(H,29,30)/t12-,13+,15-,16+,17-,18?,19?,20-,21+,25-/m0/s1. The van der Waals surface area contributed by atoms with Crippen molar-refractivity contribution in [3.8, 4) is 0 Å². The number of fused-ring (bicyclic) bond motifs is 6. The monoisotopic (exact) mass is 424 g/mol. The van der Waals surface area contributed by atoms with Gasteiger partial charge in [0.1, 0.15) is 11.5 Å². The van der Waals surface area contributed by atoms with Crippen LogP contribution in [0.5, 0.6) is 0 Å². The van der Waals surface area contributed by atoms with Crippen molar-refractivity contribution in [1.29, 1.82) is 0 Å². The Morgan fingerprint density at radius 3 is 2.48 bits per heavy atom. The molecule has 0 saturated heterocycles. The van der Waals surface area contributed by atoms with Crippen molar-refractivity contribution in [3.63, 3.8) is 0 Å². The van der Waals surface area contributed by atoms with E-state index in [9.17, 15) is 24.6 Å². The van der Waals surface area contributed by atoms with Crippen molar-refractivity contribution in [3.05, 3.63) is 48.0 Å². The number of carboxylic acids is 1. The van der Waals surface area contributed by atoms with Crippen molar-refractivity contribution < 1.29 is 29.3 Å². The normalized spacial score (nSPS) is 45.1. The first kappa shape index (κ1) is 20.4. The van der Waals surface area contributed by atoms with E-state index < -0.39 is 47.3 Å². The molecule has 1 aromatic rings. The molecular formula is C25H28O6. The summed E-state index contributed by atoms with van der Waals surface area (Å²) < 4.78 is 6.12. The first-order chi connectivity index (χ1) is 14.8.